The van der Waals surface area contributed by atoms with Crippen LogP contribution in [0.15, 0.2) is 30.5 Å². The summed E-state index contributed by atoms with van der Waals surface area (Å²) < 4.78 is 4.58. The molecule has 1 aliphatic rings. The van der Waals surface area contributed by atoms with Gasteiger partial charge in [0.15, 0.2) is 5.69 Å². The van der Waals surface area contributed by atoms with E-state index < -0.39 is 0 Å². The highest BCUT2D eigenvalue weighted by Gasteiger charge is 2.30. The quantitative estimate of drug-likeness (QED) is 0.737. The van der Waals surface area contributed by atoms with Gasteiger partial charge in [0.2, 0.25) is 5.69 Å². The highest BCUT2D eigenvalue weighted by atomic mass is 15.2. The van der Waals surface area contributed by atoms with Gasteiger partial charge in [-0.25, -0.2) is 0 Å². The predicted molar refractivity (Wildman–Crippen MR) is 76.4 cm³/mol. The molecule has 0 radical (unpaired) electrons. The number of hydrogen-bond acceptors (Lipinski definition) is 1. The van der Waals surface area contributed by atoms with Crippen molar-refractivity contribution < 1.29 is 9.13 Å². The van der Waals surface area contributed by atoms with Crippen LogP contribution >= 0.6 is 0 Å². The molecule has 0 amide bonds. The Bertz CT molecular complexity index is 541. The number of likely N-dealkylation sites (N-methyl/N-ethyl adjacent to an activating group) is 1. The lowest BCUT2D eigenvalue weighted by atomic mass is 10.0. The van der Waals surface area contributed by atoms with Crippen molar-refractivity contribution in [2.75, 3.05) is 7.05 Å². The number of nitrogens with zero attached hydrogens (tertiary/aromatic N) is 3. The normalized spacial score (nSPS) is 18.5. The first-order valence-corrected chi connectivity index (χ1v) is 6.90. The van der Waals surface area contributed by atoms with Crippen molar-refractivity contribution in [1.29, 1.82) is 0 Å². The van der Waals surface area contributed by atoms with Gasteiger partial charge in [0.25, 0.3) is 0 Å². The van der Waals surface area contributed by atoms with E-state index in [1.54, 1.807) is 0 Å². The third kappa shape index (κ3) is 2.42. The Kier molecular flexibility index (Phi) is 3.74. The first-order chi connectivity index (χ1) is 8.93. The molecule has 1 aromatic heterocycles. The Morgan fingerprint density at radius 1 is 1.16 bits per heavy atom. The molecule has 0 aromatic carbocycles. The molecule has 1 aromatic rings. The third-order valence-electron chi connectivity index (χ3n) is 4.10. The van der Waals surface area contributed by atoms with E-state index in [9.17, 15) is 0 Å². The van der Waals surface area contributed by atoms with Crippen molar-refractivity contribution in [3.05, 3.63) is 47.7 Å². The molecule has 1 atom stereocenters. The lowest BCUT2D eigenvalue weighted by Gasteiger charge is -2.24. The number of allylic oxidation sites excluding steroid dienone is 2. The summed E-state index contributed by atoms with van der Waals surface area (Å²) in [5.74, 6) is 1.80. The van der Waals surface area contributed by atoms with Crippen LogP contribution in [-0.4, -0.2) is 11.9 Å². The van der Waals surface area contributed by atoms with E-state index in [-0.39, 0.29) is 0 Å². The molecule has 0 bridgehead atoms. The van der Waals surface area contributed by atoms with Gasteiger partial charge in [0.05, 0.1) is 13.0 Å². The van der Waals surface area contributed by atoms with E-state index in [0.717, 1.165) is 0 Å². The molecular formula is C16H25N3+2. The highest BCUT2D eigenvalue weighted by Crippen LogP contribution is 2.23. The summed E-state index contributed by atoms with van der Waals surface area (Å²) in [7, 11) is 6.42. The van der Waals surface area contributed by atoms with Crippen molar-refractivity contribution in [3.63, 3.8) is 0 Å². The van der Waals surface area contributed by atoms with Crippen LogP contribution in [0.1, 0.15) is 43.0 Å². The molecule has 0 saturated carbocycles. The van der Waals surface area contributed by atoms with Crippen LogP contribution < -0.4 is 9.13 Å². The minimum absolute atomic E-state index is 0.312. The molecule has 0 spiro atoms. The Balaban J connectivity index is 2.57. The topological polar surface area (TPSA) is 11.0 Å². The zero-order chi connectivity index (χ0) is 14.2. The van der Waals surface area contributed by atoms with Gasteiger partial charge >= 0.3 is 5.82 Å². The predicted octanol–water partition coefficient (Wildman–Crippen LogP) is 1.82. The van der Waals surface area contributed by atoms with Crippen LogP contribution in [0.3, 0.4) is 0 Å². The molecule has 1 aliphatic heterocycles. The second-order valence-corrected chi connectivity index (χ2v) is 5.65. The van der Waals surface area contributed by atoms with Crippen LogP contribution in [0.4, 0.5) is 0 Å². The van der Waals surface area contributed by atoms with E-state index in [4.69, 9.17) is 0 Å². The zero-order valence-electron chi connectivity index (χ0n) is 12.9. The van der Waals surface area contributed by atoms with E-state index in [2.05, 4.69) is 86.4 Å². The first kappa shape index (κ1) is 13.8. The molecule has 0 N–H and O–H groups in total. The van der Waals surface area contributed by atoms with E-state index in [1.807, 2.05) is 0 Å². The molecule has 0 saturated heterocycles. The lowest BCUT2D eigenvalue weighted by Crippen LogP contribution is -2.54. The van der Waals surface area contributed by atoms with E-state index in [0.29, 0.717) is 12.0 Å². The lowest BCUT2D eigenvalue weighted by molar-refractivity contribution is -0.822. The second kappa shape index (κ2) is 5.16. The Morgan fingerprint density at radius 3 is 2.42 bits per heavy atom. The molecule has 102 valence electrons. The van der Waals surface area contributed by atoms with Crippen molar-refractivity contribution in [3.8, 4) is 0 Å². The molecule has 0 aliphatic carbocycles. The second-order valence-electron chi connectivity index (χ2n) is 5.65. The van der Waals surface area contributed by atoms with Crippen LogP contribution in [0.5, 0.6) is 0 Å². The van der Waals surface area contributed by atoms with Gasteiger partial charge in [-0.1, -0.05) is 26.0 Å². The minimum Gasteiger partial charge on any atom is -0.365 e. The monoisotopic (exact) mass is 259 g/mol. The summed E-state index contributed by atoms with van der Waals surface area (Å²) >= 11 is 0. The Labute approximate surface area is 116 Å². The zero-order valence-corrected chi connectivity index (χ0v) is 12.9. The smallest absolute Gasteiger partial charge is 0.365 e. The van der Waals surface area contributed by atoms with Crippen molar-refractivity contribution in [2.45, 2.75) is 32.7 Å². The largest absolute Gasteiger partial charge is 0.414 e. The molecule has 2 rings (SSSR count). The summed E-state index contributed by atoms with van der Waals surface area (Å²) in [6, 6.07) is 2.65. The molecule has 2 heterocycles. The van der Waals surface area contributed by atoms with Crippen LogP contribution in [0.2, 0.25) is 0 Å². The number of hydrogen-bond donors (Lipinski definition) is 0. The van der Waals surface area contributed by atoms with Gasteiger partial charge in [0, 0.05) is 13.0 Å². The molecular weight excluding hydrogens is 234 g/mol. The van der Waals surface area contributed by atoms with Gasteiger partial charge in [-0.05, 0) is 12.3 Å². The Hall–Kier alpha value is -1.64. The molecule has 1 unspecified atom stereocenters. The van der Waals surface area contributed by atoms with Crippen molar-refractivity contribution >= 4 is 0 Å². The number of aromatic nitrogens is 2. The third-order valence-corrected chi connectivity index (χ3v) is 4.10. The fourth-order valence-corrected chi connectivity index (χ4v) is 2.67. The van der Waals surface area contributed by atoms with Crippen LogP contribution in [-0.2, 0) is 14.1 Å². The van der Waals surface area contributed by atoms with E-state index >= 15 is 0 Å². The molecule has 3 nitrogen and oxygen atoms in total. The summed E-state index contributed by atoms with van der Waals surface area (Å²) in [6.45, 7) is 6.68. The fraction of sp³-hybridized carbons (Fsp3) is 0.500. The standard InChI is InChI=1S/C16H25N3/c1-12(2)15-11-16(19(6)13(3)18(15)5)14-9-7-8-10-17(14)4/h7-12,14H,1-6H3/q+2. The SMILES string of the molecule is Cc1[n+](C)c(C(C)C)cc(C2C=CC=CN2C)[n+]1C. The van der Waals surface area contributed by atoms with Gasteiger partial charge < -0.3 is 4.90 Å². The molecule has 19 heavy (non-hydrogen) atoms. The van der Waals surface area contributed by atoms with Crippen LogP contribution in [0, 0.1) is 6.92 Å². The van der Waals surface area contributed by atoms with Gasteiger partial charge in [-0.3, -0.25) is 0 Å². The molecule has 0 fully saturated rings. The maximum Gasteiger partial charge on any atom is 0.414 e. The van der Waals surface area contributed by atoms with Crippen molar-refractivity contribution in [1.82, 2.24) is 4.90 Å². The fourth-order valence-electron chi connectivity index (χ4n) is 2.67. The maximum atomic E-state index is 2.34. The van der Waals surface area contributed by atoms with Gasteiger partial charge in [-0.15, -0.1) is 9.13 Å². The minimum atomic E-state index is 0.312. The summed E-state index contributed by atoms with van der Waals surface area (Å²) in [5, 5.41) is 0. The molecule has 3 heteroatoms. The average molecular weight is 259 g/mol. The maximum absolute atomic E-state index is 2.34. The van der Waals surface area contributed by atoms with Gasteiger partial charge in [0.1, 0.15) is 20.1 Å². The number of rotatable bonds is 2. The summed E-state index contributed by atoms with van der Waals surface area (Å²) in [4.78, 5) is 2.25. The Morgan fingerprint density at radius 2 is 1.84 bits per heavy atom. The summed E-state index contributed by atoms with van der Waals surface area (Å²) in [5.41, 5.74) is 2.71. The first-order valence-electron chi connectivity index (χ1n) is 6.90. The summed E-state index contributed by atoms with van der Waals surface area (Å²) in [6.07, 6.45) is 8.58. The van der Waals surface area contributed by atoms with Gasteiger partial charge in [-0.2, -0.15) is 0 Å². The highest BCUT2D eigenvalue weighted by molar-refractivity contribution is 5.20. The van der Waals surface area contributed by atoms with E-state index in [1.165, 1.54) is 17.2 Å². The van der Waals surface area contributed by atoms with Crippen molar-refractivity contribution in [2.24, 2.45) is 14.1 Å². The van der Waals surface area contributed by atoms with Crippen LogP contribution in [0.25, 0.3) is 0 Å². The average Bonchev–Trinajstić information content (AvgIpc) is 2.37.